The van der Waals surface area contributed by atoms with E-state index in [-0.39, 0.29) is 7.92 Å². The Bertz CT molecular complexity index is 488. The van der Waals surface area contributed by atoms with Crippen LogP contribution in [0.4, 0.5) is 0 Å². The summed E-state index contributed by atoms with van der Waals surface area (Å²) in [5, 5.41) is 1.93. The summed E-state index contributed by atoms with van der Waals surface area (Å²) in [6.07, 6.45) is 20.3. The van der Waals surface area contributed by atoms with E-state index in [1.54, 1.807) is 11.1 Å². The van der Waals surface area contributed by atoms with Crippen LogP contribution in [0.2, 0.25) is 0 Å². The standard InChI is InChI=1S/C22H35OP/c1-2-23-21-16-22(20-15-9-14-19(20)21)24(17-10-5-3-6-11-17)18-12-7-4-8-13-18/h17-18H,2-16H2,1H3. The van der Waals surface area contributed by atoms with Crippen LogP contribution >= 0.6 is 7.92 Å². The topological polar surface area (TPSA) is 9.23 Å². The number of allylic oxidation sites excluding steroid dienone is 3. The number of hydrogen-bond acceptors (Lipinski definition) is 1. The molecule has 4 aliphatic rings. The maximum absolute atomic E-state index is 6.12. The Hall–Kier alpha value is -0.290. The lowest BCUT2D eigenvalue weighted by molar-refractivity contribution is 0.222. The van der Waals surface area contributed by atoms with E-state index in [2.05, 4.69) is 6.92 Å². The lowest BCUT2D eigenvalue weighted by Crippen LogP contribution is -2.21. The Morgan fingerprint density at radius 3 is 1.96 bits per heavy atom. The third kappa shape index (κ3) is 3.35. The molecule has 0 amide bonds. The van der Waals surface area contributed by atoms with Crippen molar-refractivity contribution in [3.8, 4) is 0 Å². The molecule has 0 spiro atoms. The molecule has 0 aromatic carbocycles. The van der Waals surface area contributed by atoms with Crippen LogP contribution in [0, 0.1) is 0 Å². The molecular formula is C22H35OP. The van der Waals surface area contributed by atoms with Crippen molar-refractivity contribution in [2.75, 3.05) is 6.61 Å². The van der Waals surface area contributed by atoms with Gasteiger partial charge in [0.2, 0.25) is 0 Å². The summed E-state index contributed by atoms with van der Waals surface area (Å²) in [6, 6.07) is 0. The van der Waals surface area contributed by atoms with E-state index < -0.39 is 0 Å². The van der Waals surface area contributed by atoms with Crippen molar-refractivity contribution in [3.05, 3.63) is 22.2 Å². The predicted octanol–water partition coefficient (Wildman–Crippen LogP) is 7.27. The molecular weight excluding hydrogens is 311 g/mol. The second-order valence-electron chi connectivity index (χ2n) is 8.28. The maximum atomic E-state index is 6.12. The second kappa shape index (κ2) is 7.94. The SMILES string of the molecule is CCOC1=C2CCCC2=C(P(C2CCCCC2)C2CCCCC2)C1. The molecule has 4 rings (SSSR count). The van der Waals surface area contributed by atoms with Gasteiger partial charge in [-0.3, -0.25) is 0 Å². The van der Waals surface area contributed by atoms with E-state index in [4.69, 9.17) is 4.74 Å². The summed E-state index contributed by atoms with van der Waals surface area (Å²) in [5.41, 5.74) is 5.55. The average molecular weight is 346 g/mol. The molecule has 0 N–H and O–H groups in total. The van der Waals surface area contributed by atoms with Crippen molar-refractivity contribution in [3.63, 3.8) is 0 Å². The van der Waals surface area contributed by atoms with Crippen molar-refractivity contribution in [2.45, 2.75) is 108 Å². The highest BCUT2D eigenvalue weighted by atomic mass is 31.1. The zero-order chi connectivity index (χ0) is 16.4. The fourth-order valence-electron chi connectivity index (χ4n) is 5.75. The van der Waals surface area contributed by atoms with E-state index in [0.29, 0.717) is 0 Å². The number of fused-ring (bicyclic) bond motifs is 1. The van der Waals surface area contributed by atoms with Gasteiger partial charge < -0.3 is 4.74 Å². The molecule has 1 nitrogen and oxygen atoms in total. The molecule has 0 radical (unpaired) electrons. The van der Waals surface area contributed by atoms with Crippen molar-refractivity contribution < 1.29 is 4.74 Å². The molecule has 0 atom stereocenters. The lowest BCUT2D eigenvalue weighted by Gasteiger charge is -2.40. The fourth-order valence-corrected chi connectivity index (χ4v) is 9.96. The normalized spacial score (nSPS) is 26.6. The molecule has 0 aromatic heterocycles. The van der Waals surface area contributed by atoms with Gasteiger partial charge in [0, 0.05) is 6.42 Å². The van der Waals surface area contributed by atoms with Gasteiger partial charge in [0.05, 0.1) is 6.61 Å². The smallest absolute Gasteiger partial charge is 0.104 e. The Morgan fingerprint density at radius 2 is 1.38 bits per heavy atom. The highest BCUT2D eigenvalue weighted by molar-refractivity contribution is 7.63. The van der Waals surface area contributed by atoms with Gasteiger partial charge in [-0.25, -0.2) is 0 Å². The van der Waals surface area contributed by atoms with Gasteiger partial charge in [0.25, 0.3) is 0 Å². The molecule has 2 heteroatoms. The minimum atomic E-state index is 0.0907. The van der Waals surface area contributed by atoms with E-state index in [1.165, 1.54) is 95.7 Å². The minimum absolute atomic E-state index is 0.0907. The molecule has 4 aliphatic carbocycles. The zero-order valence-corrected chi connectivity index (χ0v) is 16.5. The van der Waals surface area contributed by atoms with Crippen LogP contribution in [0.5, 0.6) is 0 Å². The first-order chi connectivity index (χ1) is 11.9. The molecule has 134 valence electrons. The van der Waals surface area contributed by atoms with E-state index in [9.17, 15) is 0 Å². The molecule has 0 aromatic rings. The summed E-state index contributed by atoms with van der Waals surface area (Å²) >= 11 is 0. The van der Waals surface area contributed by atoms with Gasteiger partial charge in [-0.1, -0.05) is 46.4 Å². The molecule has 0 aliphatic heterocycles. The molecule has 0 unspecified atom stereocenters. The van der Waals surface area contributed by atoms with Gasteiger partial charge in [-0.15, -0.1) is 0 Å². The van der Waals surface area contributed by atoms with Crippen LogP contribution in [0.3, 0.4) is 0 Å². The Balaban J connectivity index is 1.62. The van der Waals surface area contributed by atoms with Crippen molar-refractivity contribution in [1.82, 2.24) is 0 Å². The Morgan fingerprint density at radius 1 is 0.792 bits per heavy atom. The summed E-state index contributed by atoms with van der Waals surface area (Å²) < 4.78 is 6.12. The first kappa shape index (κ1) is 17.1. The van der Waals surface area contributed by atoms with Crippen molar-refractivity contribution in [2.24, 2.45) is 0 Å². The van der Waals surface area contributed by atoms with Crippen LogP contribution in [-0.4, -0.2) is 17.9 Å². The van der Waals surface area contributed by atoms with Crippen LogP contribution in [0.25, 0.3) is 0 Å². The zero-order valence-electron chi connectivity index (χ0n) is 15.6. The highest BCUT2D eigenvalue weighted by Crippen LogP contribution is 2.66. The van der Waals surface area contributed by atoms with Gasteiger partial charge in [-0.05, 0) is 79.6 Å². The van der Waals surface area contributed by atoms with Gasteiger partial charge >= 0.3 is 0 Å². The molecule has 3 fully saturated rings. The fraction of sp³-hybridized carbons (Fsp3) is 0.818. The quantitative estimate of drug-likeness (QED) is 0.476. The van der Waals surface area contributed by atoms with Gasteiger partial charge in [0.15, 0.2) is 0 Å². The Labute approximate surface area is 150 Å². The van der Waals surface area contributed by atoms with E-state index in [1.807, 2.05) is 5.31 Å². The third-order valence-corrected chi connectivity index (χ3v) is 10.5. The van der Waals surface area contributed by atoms with Crippen LogP contribution in [0.1, 0.15) is 96.8 Å². The maximum Gasteiger partial charge on any atom is 0.104 e. The molecule has 0 saturated heterocycles. The summed E-state index contributed by atoms with van der Waals surface area (Å²) in [6.45, 7) is 3.01. The summed E-state index contributed by atoms with van der Waals surface area (Å²) in [4.78, 5) is 0. The summed E-state index contributed by atoms with van der Waals surface area (Å²) in [5.74, 6) is 1.39. The predicted molar refractivity (Wildman–Crippen MR) is 105 cm³/mol. The van der Waals surface area contributed by atoms with Gasteiger partial charge in [0.1, 0.15) is 5.76 Å². The molecule has 24 heavy (non-hydrogen) atoms. The minimum Gasteiger partial charge on any atom is -0.498 e. The molecule has 0 bridgehead atoms. The number of rotatable bonds is 5. The van der Waals surface area contributed by atoms with E-state index >= 15 is 0 Å². The number of hydrogen-bond donors (Lipinski definition) is 0. The highest BCUT2D eigenvalue weighted by Gasteiger charge is 2.39. The first-order valence-electron chi connectivity index (χ1n) is 10.7. The van der Waals surface area contributed by atoms with Crippen molar-refractivity contribution in [1.29, 1.82) is 0 Å². The van der Waals surface area contributed by atoms with Crippen molar-refractivity contribution >= 4 is 7.92 Å². The lowest BCUT2D eigenvalue weighted by atomic mass is 9.99. The second-order valence-corrected chi connectivity index (χ2v) is 11.1. The first-order valence-corrected chi connectivity index (χ1v) is 12.2. The van der Waals surface area contributed by atoms with E-state index in [0.717, 1.165) is 17.9 Å². The van der Waals surface area contributed by atoms with Gasteiger partial charge in [-0.2, -0.15) is 0 Å². The third-order valence-electron chi connectivity index (χ3n) is 6.80. The van der Waals surface area contributed by atoms with Crippen LogP contribution < -0.4 is 0 Å². The monoisotopic (exact) mass is 346 g/mol. The summed E-state index contributed by atoms with van der Waals surface area (Å²) in [7, 11) is 0.0907. The molecule has 3 saturated carbocycles. The van der Waals surface area contributed by atoms with Crippen LogP contribution in [0.15, 0.2) is 22.2 Å². The largest absolute Gasteiger partial charge is 0.498 e. The van der Waals surface area contributed by atoms with Crippen LogP contribution in [-0.2, 0) is 4.74 Å². The Kier molecular flexibility index (Phi) is 5.67. The number of ether oxygens (including phenoxy) is 1. The average Bonchev–Trinajstić information content (AvgIpc) is 3.23. The molecule has 0 heterocycles.